The van der Waals surface area contributed by atoms with Gasteiger partial charge in [-0.05, 0) is 18.9 Å². The molecule has 6 nitrogen and oxygen atoms in total. The molecule has 2 N–H and O–H groups in total. The number of carbonyl (C=O) groups is 1. The van der Waals surface area contributed by atoms with Crippen molar-refractivity contribution in [2.24, 2.45) is 0 Å². The molecule has 1 saturated carbocycles. The number of amides is 1. The lowest BCUT2D eigenvalue weighted by Gasteiger charge is -2.14. The van der Waals surface area contributed by atoms with E-state index < -0.39 is 16.4 Å². The van der Waals surface area contributed by atoms with Crippen LogP contribution in [0.4, 0.5) is 5.69 Å². The smallest absolute Gasteiger partial charge is 0.271 e. The second kappa shape index (κ2) is 4.66. The van der Waals surface area contributed by atoms with E-state index in [-0.39, 0.29) is 17.9 Å². The van der Waals surface area contributed by atoms with Gasteiger partial charge in [-0.25, -0.2) is 0 Å². The van der Waals surface area contributed by atoms with Crippen LogP contribution in [0.5, 0.6) is 0 Å². The zero-order valence-corrected chi connectivity index (χ0v) is 10.9. The minimum absolute atomic E-state index is 0.116. The molecule has 0 saturated heterocycles. The van der Waals surface area contributed by atoms with Gasteiger partial charge in [-0.2, -0.15) is 0 Å². The molecule has 0 bridgehead atoms. The predicted molar refractivity (Wildman–Crippen MR) is 67.3 cm³/mol. The van der Waals surface area contributed by atoms with Gasteiger partial charge < -0.3 is 10.4 Å². The van der Waals surface area contributed by atoms with E-state index in [9.17, 15) is 14.9 Å². The highest BCUT2D eigenvalue weighted by molar-refractivity contribution is 9.10. The molecule has 1 fully saturated rings. The first kappa shape index (κ1) is 13.0. The van der Waals surface area contributed by atoms with Gasteiger partial charge in [0.15, 0.2) is 0 Å². The van der Waals surface area contributed by atoms with Crippen molar-refractivity contribution in [2.75, 3.05) is 6.61 Å². The monoisotopic (exact) mass is 314 g/mol. The molecule has 0 spiro atoms. The fraction of sp³-hybridized carbons (Fsp3) is 0.364. The molecular formula is C11H11BrN2O4. The molecule has 0 heterocycles. The second-order valence-corrected chi connectivity index (χ2v) is 5.26. The average Bonchev–Trinajstić information content (AvgIpc) is 3.08. The SMILES string of the molecule is O=C(NC1(CO)CC1)c1cc(Br)cc([N+](=O)[O-])c1. The van der Waals surface area contributed by atoms with Crippen molar-refractivity contribution >= 4 is 27.5 Å². The zero-order chi connectivity index (χ0) is 13.3. The molecule has 0 aliphatic heterocycles. The number of rotatable bonds is 4. The Hall–Kier alpha value is -1.47. The lowest BCUT2D eigenvalue weighted by atomic mass is 10.1. The zero-order valence-electron chi connectivity index (χ0n) is 9.35. The second-order valence-electron chi connectivity index (χ2n) is 4.35. The molecule has 1 aliphatic rings. The van der Waals surface area contributed by atoms with Crippen LogP contribution < -0.4 is 5.32 Å². The molecule has 7 heteroatoms. The normalized spacial score (nSPS) is 16.1. The van der Waals surface area contributed by atoms with Gasteiger partial charge >= 0.3 is 0 Å². The number of halogens is 1. The van der Waals surface area contributed by atoms with Crippen LogP contribution >= 0.6 is 15.9 Å². The summed E-state index contributed by atoms with van der Waals surface area (Å²) < 4.78 is 0.468. The summed E-state index contributed by atoms with van der Waals surface area (Å²) in [5.74, 6) is -0.411. The molecular weight excluding hydrogens is 304 g/mol. The van der Waals surface area contributed by atoms with E-state index in [0.717, 1.165) is 12.8 Å². The number of aliphatic hydroxyl groups is 1. The Morgan fingerprint density at radius 1 is 1.50 bits per heavy atom. The highest BCUT2D eigenvalue weighted by Gasteiger charge is 2.43. The van der Waals surface area contributed by atoms with E-state index in [4.69, 9.17) is 5.11 Å². The summed E-state index contributed by atoms with van der Waals surface area (Å²) in [5, 5.41) is 22.5. The van der Waals surface area contributed by atoms with Gasteiger partial charge in [0.2, 0.25) is 0 Å². The molecule has 2 rings (SSSR count). The summed E-state index contributed by atoms with van der Waals surface area (Å²) >= 11 is 3.13. The molecule has 0 aromatic heterocycles. The number of nitrogens with zero attached hydrogens (tertiary/aromatic N) is 1. The Balaban J connectivity index is 2.22. The maximum absolute atomic E-state index is 11.9. The quantitative estimate of drug-likeness (QED) is 0.652. The van der Waals surface area contributed by atoms with Crippen LogP contribution in [0.1, 0.15) is 23.2 Å². The highest BCUT2D eigenvalue weighted by atomic mass is 79.9. The number of nitrogens with one attached hydrogen (secondary N) is 1. The van der Waals surface area contributed by atoms with E-state index in [1.807, 2.05) is 0 Å². The van der Waals surface area contributed by atoms with Crippen LogP contribution in [-0.2, 0) is 0 Å². The summed E-state index contributed by atoms with van der Waals surface area (Å²) in [6.45, 7) is -0.116. The van der Waals surface area contributed by atoms with Gasteiger partial charge in [0.05, 0.1) is 17.1 Å². The van der Waals surface area contributed by atoms with Crippen LogP contribution in [0.3, 0.4) is 0 Å². The van der Waals surface area contributed by atoms with E-state index in [1.54, 1.807) is 0 Å². The van der Waals surface area contributed by atoms with Crippen LogP contribution in [0.2, 0.25) is 0 Å². The van der Waals surface area contributed by atoms with Crippen molar-refractivity contribution in [3.05, 3.63) is 38.3 Å². The number of carbonyl (C=O) groups excluding carboxylic acids is 1. The van der Waals surface area contributed by atoms with Gasteiger partial charge in [0.25, 0.3) is 11.6 Å². The van der Waals surface area contributed by atoms with Gasteiger partial charge in [-0.3, -0.25) is 14.9 Å². The fourth-order valence-corrected chi connectivity index (χ4v) is 2.08. The highest BCUT2D eigenvalue weighted by Crippen LogP contribution is 2.35. The van der Waals surface area contributed by atoms with Gasteiger partial charge in [0.1, 0.15) is 0 Å². The van der Waals surface area contributed by atoms with Crippen molar-refractivity contribution in [3.63, 3.8) is 0 Å². The van der Waals surface area contributed by atoms with E-state index >= 15 is 0 Å². The van der Waals surface area contributed by atoms with Gasteiger partial charge in [-0.15, -0.1) is 0 Å². The molecule has 1 aliphatic carbocycles. The number of hydrogen-bond donors (Lipinski definition) is 2. The maximum atomic E-state index is 11.9. The Morgan fingerprint density at radius 2 is 2.17 bits per heavy atom. The molecule has 0 radical (unpaired) electrons. The summed E-state index contributed by atoms with van der Waals surface area (Å²) in [4.78, 5) is 22.1. The molecule has 1 aromatic carbocycles. The largest absolute Gasteiger partial charge is 0.394 e. The average molecular weight is 315 g/mol. The Kier molecular flexibility index (Phi) is 3.36. The molecule has 1 amide bonds. The van der Waals surface area contributed by atoms with E-state index in [1.165, 1.54) is 18.2 Å². The van der Waals surface area contributed by atoms with E-state index in [0.29, 0.717) is 4.47 Å². The fourth-order valence-electron chi connectivity index (χ4n) is 1.60. The van der Waals surface area contributed by atoms with Gasteiger partial charge in [0, 0.05) is 22.2 Å². The first-order chi connectivity index (χ1) is 8.46. The third kappa shape index (κ3) is 2.68. The molecule has 1 aromatic rings. The molecule has 18 heavy (non-hydrogen) atoms. The minimum Gasteiger partial charge on any atom is -0.394 e. The first-order valence-corrected chi connectivity index (χ1v) is 6.13. The van der Waals surface area contributed by atoms with E-state index in [2.05, 4.69) is 21.2 Å². The standard InChI is InChI=1S/C11H11BrN2O4/c12-8-3-7(4-9(5-8)14(17)18)10(16)13-11(6-15)1-2-11/h3-5,15H,1-2,6H2,(H,13,16). The van der Waals surface area contributed by atoms with Crippen LogP contribution in [-0.4, -0.2) is 28.1 Å². The van der Waals surface area contributed by atoms with Crippen molar-refractivity contribution in [3.8, 4) is 0 Å². The first-order valence-electron chi connectivity index (χ1n) is 5.34. The number of non-ortho nitro benzene ring substituents is 1. The van der Waals surface area contributed by atoms with Gasteiger partial charge in [-0.1, -0.05) is 15.9 Å². The van der Waals surface area contributed by atoms with Crippen LogP contribution in [0.25, 0.3) is 0 Å². The Bertz CT molecular complexity index is 514. The van der Waals surface area contributed by atoms with Crippen molar-refractivity contribution in [1.29, 1.82) is 0 Å². The topological polar surface area (TPSA) is 92.5 Å². The predicted octanol–water partition coefficient (Wildman–Crippen LogP) is 1.61. The number of aliphatic hydroxyl groups excluding tert-OH is 1. The minimum atomic E-state index is -0.555. The number of nitro groups is 1. The van der Waals surface area contributed by atoms with Crippen molar-refractivity contribution < 1.29 is 14.8 Å². The third-order valence-corrected chi connectivity index (χ3v) is 3.35. The number of benzene rings is 1. The number of nitro benzene ring substituents is 1. The van der Waals surface area contributed by atoms with Crippen molar-refractivity contribution in [1.82, 2.24) is 5.32 Å². The molecule has 96 valence electrons. The van der Waals surface area contributed by atoms with Crippen LogP contribution in [0, 0.1) is 10.1 Å². The maximum Gasteiger partial charge on any atom is 0.271 e. The summed E-state index contributed by atoms with van der Waals surface area (Å²) in [6, 6.07) is 4.05. The Labute approximate surface area is 111 Å². The number of hydrogen-bond acceptors (Lipinski definition) is 4. The Morgan fingerprint density at radius 3 is 2.67 bits per heavy atom. The van der Waals surface area contributed by atoms with Crippen molar-refractivity contribution in [2.45, 2.75) is 18.4 Å². The summed E-state index contributed by atoms with van der Waals surface area (Å²) in [7, 11) is 0. The third-order valence-electron chi connectivity index (χ3n) is 2.89. The molecule has 0 unspecified atom stereocenters. The summed E-state index contributed by atoms with van der Waals surface area (Å²) in [5.41, 5.74) is -0.479. The summed E-state index contributed by atoms with van der Waals surface area (Å²) in [6.07, 6.45) is 1.46. The molecule has 0 atom stereocenters. The van der Waals surface area contributed by atoms with Crippen LogP contribution in [0.15, 0.2) is 22.7 Å². The lowest BCUT2D eigenvalue weighted by Crippen LogP contribution is -2.39. The lowest BCUT2D eigenvalue weighted by molar-refractivity contribution is -0.385.